The van der Waals surface area contributed by atoms with E-state index in [1.807, 2.05) is 11.0 Å². The maximum atomic E-state index is 12.5. The number of piperazine rings is 1. The Morgan fingerprint density at radius 2 is 1.72 bits per heavy atom. The predicted molar refractivity (Wildman–Crippen MR) is 119 cm³/mol. The monoisotopic (exact) mass is 412 g/mol. The second-order valence-corrected chi connectivity index (χ2v) is 9.00. The first-order valence-electron chi connectivity index (χ1n) is 11.0. The largest absolute Gasteiger partial charge is 0.345 e. The van der Waals surface area contributed by atoms with Crippen LogP contribution in [-0.2, 0) is 17.8 Å². The second-order valence-electron chi connectivity index (χ2n) is 8.17. The maximum absolute atomic E-state index is 12.5. The molecule has 2 aliphatic heterocycles. The van der Waals surface area contributed by atoms with Crippen LogP contribution in [0.15, 0.2) is 35.7 Å². The molecule has 0 radical (unpaired) electrons. The highest BCUT2D eigenvalue weighted by Gasteiger charge is 2.23. The van der Waals surface area contributed by atoms with Gasteiger partial charge in [0.15, 0.2) is 5.13 Å². The fraction of sp³-hybridized carbons (Fsp3) is 0.565. The van der Waals surface area contributed by atoms with Crippen molar-refractivity contribution in [3.8, 4) is 0 Å². The number of amides is 1. The van der Waals surface area contributed by atoms with Crippen LogP contribution in [0.4, 0.5) is 5.13 Å². The van der Waals surface area contributed by atoms with E-state index in [1.54, 1.807) is 11.3 Å². The zero-order chi connectivity index (χ0) is 19.9. The number of nitrogens with zero attached hydrogens (tertiary/aromatic N) is 4. The van der Waals surface area contributed by atoms with Gasteiger partial charge in [-0.15, -0.1) is 11.3 Å². The van der Waals surface area contributed by atoms with Crippen LogP contribution in [0.1, 0.15) is 43.4 Å². The van der Waals surface area contributed by atoms with Gasteiger partial charge in [0.05, 0.1) is 5.69 Å². The quantitative estimate of drug-likeness (QED) is 0.693. The smallest absolute Gasteiger partial charge is 0.222 e. The molecule has 3 heterocycles. The maximum Gasteiger partial charge on any atom is 0.222 e. The third-order valence-electron chi connectivity index (χ3n) is 5.98. The number of hydrogen-bond acceptors (Lipinski definition) is 5. The van der Waals surface area contributed by atoms with E-state index in [4.69, 9.17) is 4.98 Å². The van der Waals surface area contributed by atoms with Crippen molar-refractivity contribution in [3.63, 3.8) is 0 Å². The number of aryl methyl sites for hydroxylation is 1. The molecule has 0 spiro atoms. The van der Waals surface area contributed by atoms with E-state index in [0.717, 1.165) is 50.7 Å². The molecule has 1 aromatic heterocycles. The van der Waals surface area contributed by atoms with E-state index in [-0.39, 0.29) is 0 Å². The van der Waals surface area contributed by atoms with Crippen molar-refractivity contribution in [1.29, 1.82) is 0 Å². The van der Waals surface area contributed by atoms with Gasteiger partial charge in [0.2, 0.25) is 5.91 Å². The lowest BCUT2D eigenvalue weighted by molar-refractivity contribution is -0.131. The van der Waals surface area contributed by atoms with Crippen LogP contribution in [0, 0.1) is 0 Å². The van der Waals surface area contributed by atoms with Gasteiger partial charge in [-0.1, -0.05) is 36.8 Å². The summed E-state index contributed by atoms with van der Waals surface area (Å²) in [6.07, 6.45) is 6.55. The molecule has 29 heavy (non-hydrogen) atoms. The van der Waals surface area contributed by atoms with Gasteiger partial charge in [-0.05, 0) is 44.3 Å². The van der Waals surface area contributed by atoms with Gasteiger partial charge in [0.1, 0.15) is 0 Å². The Hall–Kier alpha value is -1.92. The molecule has 2 fully saturated rings. The van der Waals surface area contributed by atoms with E-state index in [0.29, 0.717) is 12.3 Å². The summed E-state index contributed by atoms with van der Waals surface area (Å²) in [5, 5.41) is 3.33. The van der Waals surface area contributed by atoms with Crippen molar-refractivity contribution >= 4 is 22.4 Å². The minimum absolute atomic E-state index is 0.297. The molecule has 0 bridgehead atoms. The second kappa shape index (κ2) is 10.2. The Balaban J connectivity index is 1.19. The molecular formula is C23H32N4OS. The number of carbonyl (C=O) groups is 1. The molecule has 6 heteroatoms. The lowest BCUT2D eigenvalue weighted by atomic mass is 10.1. The molecule has 1 amide bonds. The summed E-state index contributed by atoms with van der Waals surface area (Å²) < 4.78 is 0. The lowest BCUT2D eigenvalue weighted by Crippen LogP contribution is -2.48. The van der Waals surface area contributed by atoms with Gasteiger partial charge in [-0.3, -0.25) is 9.69 Å². The average Bonchev–Trinajstić information content (AvgIpc) is 3.24. The minimum atomic E-state index is 0.297. The number of likely N-dealkylation sites (tertiary alicyclic amines) is 1. The zero-order valence-electron chi connectivity index (χ0n) is 17.3. The Labute approximate surface area is 178 Å². The summed E-state index contributed by atoms with van der Waals surface area (Å²) in [6.45, 7) is 6.80. The topological polar surface area (TPSA) is 39.7 Å². The van der Waals surface area contributed by atoms with E-state index >= 15 is 0 Å². The Kier molecular flexibility index (Phi) is 7.17. The van der Waals surface area contributed by atoms with Gasteiger partial charge in [-0.25, -0.2) is 4.98 Å². The number of piperidine rings is 1. The van der Waals surface area contributed by atoms with E-state index in [1.165, 1.54) is 43.6 Å². The summed E-state index contributed by atoms with van der Waals surface area (Å²) in [5.74, 6) is 0.297. The standard InChI is InChI=1S/C23H32N4OS/c28-22(11-7-10-20-8-3-1-4-9-20)26-14-16-27(17-15-26)23-24-21(19-29-23)18-25-12-5-2-6-13-25/h1,3-4,8-9,19H,2,5-7,10-18H2. The van der Waals surface area contributed by atoms with E-state index in [9.17, 15) is 4.79 Å². The third kappa shape index (κ3) is 5.80. The van der Waals surface area contributed by atoms with Crippen LogP contribution in [0.25, 0.3) is 0 Å². The highest BCUT2D eigenvalue weighted by Crippen LogP contribution is 2.24. The summed E-state index contributed by atoms with van der Waals surface area (Å²) in [5.41, 5.74) is 2.51. The fourth-order valence-electron chi connectivity index (χ4n) is 4.25. The number of benzene rings is 1. The zero-order valence-corrected chi connectivity index (χ0v) is 18.1. The number of aromatic nitrogens is 1. The first-order chi connectivity index (χ1) is 14.3. The molecule has 156 valence electrons. The Bertz CT molecular complexity index is 764. The average molecular weight is 413 g/mol. The highest BCUT2D eigenvalue weighted by atomic mass is 32.1. The van der Waals surface area contributed by atoms with Crippen molar-refractivity contribution in [1.82, 2.24) is 14.8 Å². The van der Waals surface area contributed by atoms with Gasteiger partial charge in [0.25, 0.3) is 0 Å². The van der Waals surface area contributed by atoms with Crippen LogP contribution in [-0.4, -0.2) is 60.0 Å². The van der Waals surface area contributed by atoms with Gasteiger partial charge in [-0.2, -0.15) is 0 Å². The highest BCUT2D eigenvalue weighted by molar-refractivity contribution is 7.13. The van der Waals surface area contributed by atoms with Crippen molar-refractivity contribution in [2.24, 2.45) is 0 Å². The number of carbonyl (C=O) groups excluding carboxylic acids is 1. The molecule has 2 aromatic rings. The molecule has 1 aromatic carbocycles. The number of rotatable bonds is 7. The summed E-state index contributed by atoms with van der Waals surface area (Å²) >= 11 is 1.75. The van der Waals surface area contributed by atoms with Gasteiger partial charge < -0.3 is 9.80 Å². The molecule has 0 N–H and O–H groups in total. The van der Waals surface area contributed by atoms with Gasteiger partial charge in [0, 0.05) is 44.5 Å². The lowest BCUT2D eigenvalue weighted by Gasteiger charge is -2.34. The number of thiazole rings is 1. The Morgan fingerprint density at radius 1 is 0.966 bits per heavy atom. The van der Waals surface area contributed by atoms with E-state index in [2.05, 4.69) is 39.4 Å². The molecule has 2 saturated heterocycles. The molecular weight excluding hydrogens is 380 g/mol. The van der Waals surface area contributed by atoms with Crippen LogP contribution in [0.3, 0.4) is 0 Å². The summed E-state index contributed by atoms with van der Waals surface area (Å²) in [6, 6.07) is 10.4. The molecule has 2 aliphatic rings. The summed E-state index contributed by atoms with van der Waals surface area (Å²) in [4.78, 5) is 24.3. The van der Waals surface area contributed by atoms with Crippen LogP contribution in [0.2, 0.25) is 0 Å². The van der Waals surface area contributed by atoms with Crippen molar-refractivity contribution < 1.29 is 4.79 Å². The molecule has 0 saturated carbocycles. The molecule has 4 rings (SSSR count). The van der Waals surface area contributed by atoms with Crippen LogP contribution in [0.5, 0.6) is 0 Å². The number of hydrogen-bond donors (Lipinski definition) is 0. The van der Waals surface area contributed by atoms with Crippen molar-refractivity contribution in [2.45, 2.75) is 45.1 Å². The van der Waals surface area contributed by atoms with Gasteiger partial charge >= 0.3 is 0 Å². The molecule has 0 aliphatic carbocycles. The first-order valence-corrected chi connectivity index (χ1v) is 11.9. The van der Waals surface area contributed by atoms with Crippen LogP contribution >= 0.6 is 11.3 Å². The van der Waals surface area contributed by atoms with Crippen molar-refractivity contribution in [2.75, 3.05) is 44.2 Å². The molecule has 0 unspecified atom stereocenters. The first kappa shape index (κ1) is 20.4. The van der Waals surface area contributed by atoms with Crippen molar-refractivity contribution in [3.05, 3.63) is 47.0 Å². The van der Waals surface area contributed by atoms with E-state index < -0.39 is 0 Å². The Morgan fingerprint density at radius 3 is 2.48 bits per heavy atom. The predicted octanol–water partition coefficient (Wildman–Crippen LogP) is 3.80. The summed E-state index contributed by atoms with van der Waals surface area (Å²) in [7, 11) is 0. The number of anilines is 1. The fourth-order valence-corrected chi connectivity index (χ4v) is 5.12. The molecule has 5 nitrogen and oxygen atoms in total. The molecule has 0 atom stereocenters. The minimum Gasteiger partial charge on any atom is -0.345 e. The van der Waals surface area contributed by atoms with Crippen LogP contribution < -0.4 is 4.90 Å². The third-order valence-corrected chi connectivity index (χ3v) is 6.93. The SMILES string of the molecule is O=C(CCCc1ccccc1)N1CCN(c2nc(CN3CCCCC3)cs2)CC1. The normalized spacial score (nSPS) is 18.2.